The van der Waals surface area contributed by atoms with Crippen LogP contribution in [0.1, 0.15) is 52.5 Å². The molecule has 7 heteroatoms. The number of hydrogen-bond acceptors (Lipinski definition) is 6. The number of amides is 2. The fraction of sp³-hybridized carbons (Fsp3) is 0.320. The van der Waals surface area contributed by atoms with Crippen molar-refractivity contribution in [1.82, 2.24) is 0 Å². The van der Waals surface area contributed by atoms with Crippen molar-refractivity contribution in [1.29, 1.82) is 0 Å². The molecular formula is C25H23NO5S. The van der Waals surface area contributed by atoms with Gasteiger partial charge in [-0.15, -0.1) is 11.3 Å². The molecule has 1 aromatic heterocycles. The number of hydrogen-bond donors (Lipinski definition) is 0. The Morgan fingerprint density at radius 1 is 1.22 bits per heavy atom. The summed E-state index contributed by atoms with van der Waals surface area (Å²) in [6.45, 7) is 1.92. The van der Waals surface area contributed by atoms with E-state index < -0.39 is 5.97 Å². The highest BCUT2D eigenvalue weighted by atomic mass is 32.1. The quantitative estimate of drug-likeness (QED) is 0.393. The Balaban J connectivity index is 1.53. The van der Waals surface area contributed by atoms with Crippen LogP contribution in [0.25, 0.3) is 6.08 Å². The van der Waals surface area contributed by atoms with E-state index >= 15 is 0 Å². The molecule has 2 aromatic rings. The van der Waals surface area contributed by atoms with Gasteiger partial charge in [0, 0.05) is 16.0 Å². The summed E-state index contributed by atoms with van der Waals surface area (Å²) in [5.74, 6) is -0.406. The molecule has 3 aliphatic rings. The minimum absolute atomic E-state index is 0.00623. The number of ether oxygens (including phenoxy) is 2. The Labute approximate surface area is 190 Å². The molecule has 2 aliphatic heterocycles. The first-order valence-corrected chi connectivity index (χ1v) is 11.6. The molecule has 1 fully saturated rings. The number of fused-ring (bicyclic) bond motifs is 2. The average Bonchev–Trinajstić information content (AvgIpc) is 3.30. The largest absolute Gasteiger partial charge is 0.485 e. The van der Waals surface area contributed by atoms with Crippen molar-refractivity contribution in [2.45, 2.75) is 45.1 Å². The summed E-state index contributed by atoms with van der Waals surface area (Å²) in [4.78, 5) is 41.1. The lowest BCUT2D eigenvalue weighted by Gasteiger charge is -2.23. The number of rotatable bonds is 3. The number of anilines is 1. The fourth-order valence-corrected chi connectivity index (χ4v) is 5.93. The van der Waals surface area contributed by atoms with E-state index in [1.54, 1.807) is 6.08 Å². The van der Waals surface area contributed by atoms with E-state index in [-0.39, 0.29) is 24.3 Å². The van der Waals surface area contributed by atoms with E-state index in [9.17, 15) is 14.4 Å². The minimum atomic E-state index is -0.494. The number of carbonyl (C=O) groups excluding carboxylic acids is 3. The molecule has 1 saturated heterocycles. The molecule has 6 nitrogen and oxygen atoms in total. The monoisotopic (exact) mass is 449 g/mol. The number of benzene rings is 1. The number of thiophene rings is 1. The van der Waals surface area contributed by atoms with Gasteiger partial charge in [0.2, 0.25) is 5.91 Å². The Kier molecular flexibility index (Phi) is 5.21. The van der Waals surface area contributed by atoms with Crippen LogP contribution in [0.4, 0.5) is 5.00 Å². The lowest BCUT2D eigenvalue weighted by atomic mass is 9.95. The van der Waals surface area contributed by atoms with Gasteiger partial charge in [-0.25, -0.2) is 9.69 Å². The van der Waals surface area contributed by atoms with E-state index in [1.807, 2.05) is 37.3 Å². The van der Waals surface area contributed by atoms with Crippen molar-refractivity contribution in [3.8, 4) is 5.75 Å². The van der Waals surface area contributed by atoms with Crippen LogP contribution in [-0.2, 0) is 27.2 Å². The molecular weight excluding hydrogens is 426 g/mol. The number of aryl methyl sites for hydroxylation is 1. The maximum atomic E-state index is 13.3. The molecule has 1 aromatic carbocycles. The molecule has 0 bridgehead atoms. The Morgan fingerprint density at radius 2 is 2.00 bits per heavy atom. The number of carbonyl (C=O) groups is 3. The van der Waals surface area contributed by atoms with Gasteiger partial charge in [-0.2, -0.15) is 0 Å². The lowest BCUT2D eigenvalue weighted by Crippen LogP contribution is -2.30. The minimum Gasteiger partial charge on any atom is -0.485 e. The number of nitrogens with zero attached hydrogens (tertiary/aromatic N) is 1. The standard InChI is InChI=1S/C25H23NO5S/c1-14-16(11-15-7-3-5-9-19(15)31-14)12-17-13-21(27)26(23(17)28)24-22(25(29)30-2)18-8-4-6-10-20(18)32-24/h3,5,7,9,11-12,14H,4,6,8,10,13H2,1-2H3/b17-12+. The zero-order chi connectivity index (χ0) is 22.4. The summed E-state index contributed by atoms with van der Waals surface area (Å²) in [6, 6.07) is 7.70. The maximum Gasteiger partial charge on any atom is 0.341 e. The van der Waals surface area contributed by atoms with Gasteiger partial charge in [0.15, 0.2) is 0 Å². The van der Waals surface area contributed by atoms with E-state index in [1.165, 1.54) is 23.3 Å². The molecule has 0 saturated carbocycles. The molecule has 3 heterocycles. The molecule has 32 heavy (non-hydrogen) atoms. The van der Waals surface area contributed by atoms with Gasteiger partial charge < -0.3 is 9.47 Å². The van der Waals surface area contributed by atoms with E-state index in [0.717, 1.165) is 53.0 Å². The molecule has 0 spiro atoms. The summed E-state index contributed by atoms with van der Waals surface area (Å²) < 4.78 is 11.0. The Morgan fingerprint density at radius 3 is 2.81 bits per heavy atom. The molecule has 1 aliphatic carbocycles. The van der Waals surface area contributed by atoms with Gasteiger partial charge in [-0.05, 0) is 62.0 Å². The Hall–Kier alpha value is -3.19. The molecule has 164 valence electrons. The first kappa shape index (κ1) is 20.7. The first-order valence-electron chi connectivity index (χ1n) is 10.8. The number of methoxy groups -OCH3 is 1. The van der Waals surface area contributed by atoms with Crippen molar-refractivity contribution >= 4 is 40.2 Å². The SMILES string of the molecule is COC(=O)c1c(N2C(=O)C/C(=C\C3=Cc4ccccc4OC3C)C2=O)sc2c1CCCC2. The number of para-hydroxylation sites is 1. The van der Waals surface area contributed by atoms with E-state index in [4.69, 9.17) is 9.47 Å². The second kappa shape index (κ2) is 8.06. The predicted octanol–water partition coefficient (Wildman–Crippen LogP) is 4.47. The molecule has 5 rings (SSSR count). The number of imide groups is 1. The molecule has 0 radical (unpaired) electrons. The first-order chi connectivity index (χ1) is 15.5. The van der Waals surface area contributed by atoms with Crippen LogP contribution in [0.2, 0.25) is 0 Å². The van der Waals surface area contributed by atoms with Crippen molar-refractivity contribution in [3.63, 3.8) is 0 Å². The molecule has 2 amide bonds. The summed E-state index contributed by atoms with van der Waals surface area (Å²) in [6.07, 6.45) is 7.12. The van der Waals surface area contributed by atoms with Crippen LogP contribution >= 0.6 is 11.3 Å². The third-order valence-corrected chi connectivity index (χ3v) is 7.45. The zero-order valence-corrected chi connectivity index (χ0v) is 18.8. The van der Waals surface area contributed by atoms with Crippen LogP contribution in [0.3, 0.4) is 0 Å². The van der Waals surface area contributed by atoms with Crippen LogP contribution in [-0.4, -0.2) is 31.0 Å². The van der Waals surface area contributed by atoms with Crippen LogP contribution in [0.5, 0.6) is 5.75 Å². The Bertz CT molecular complexity index is 1200. The topological polar surface area (TPSA) is 72.9 Å². The van der Waals surface area contributed by atoms with E-state index in [2.05, 4.69) is 0 Å². The lowest BCUT2D eigenvalue weighted by molar-refractivity contribution is -0.120. The molecule has 0 N–H and O–H groups in total. The van der Waals surface area contributed by atoms with Gasteiger partial charge in [0.1, 0.15) is 16.9 Å². The zero-order valence-electron chi connectivity index (χ0n) is 18.0. The second-order valence-electron chi connectivity index (χ2n) is 8.21. The normalized spacial score (nSPS) is 21.2. The van der Waals surface area contributed by atoms with Gasteiger partial charge in [0.25, 0.3) is 5.91 Å². The van der Waals surface area contributed by atoms with E-state index in [0.29, 0.717) is 16.1 Å². The van der Waals surface area contributed by atoms with Crippen molar-refractivity contribution < 1.29 is 23.9 Å². The smallest absolute Gasteiger partial charge is 0.341 e. The molecule has 1 atom stereocenters. The molecule has 1 unspecified atom stereocenters. The third-order valence-electron chi connectivity index (χ3n) is 6.17. The maximum absolute atomic E-state index is 13.3. The van der Waals surface area contributed by atoms with Gasteiger partial charge in [0.05, 0.1) is 19.1 Å². The summed E-state index contributed by atoms with van der Waals surface area (Å²) >= 11 is 1.37. The average molecular weight is 450 g/mol. The van der Waals surface area contributed by atoms with Crippen LogP contribution in [0.15, 0.2) is 41.5 Å². The summed E-state index contributed by atoms with van der Waals surface area (Å²) in [7, 11) is 1.33. The van der Waals surface area contributed by atoms with Gasteiger partial charge >= 0.3 is 5.97 Å². The highest BCUT2D eigenvalue weighted by Crippen LogP contribution is 2.43. The number of esters is 1. The van der Waals surface area contributed by atoms with Crippen molar-refractivity contribution in [2.24, 2.45) is 0 Å². The van der Waals surface area contributed by atoms with Crippen LogP contribution in [0, 0.1) is 0 Å². The predicted molar refractivity (Wildman–Crippen MR) is 122 cm³/mol. The summed E-state index contributed by atoms with van der Waals surface area (Å²) in [5.41, 5.74) is 3.47. The van der Waals surface area contributed by atoms with Gasteiger partial charge in [-0.3, -0.25) is 9.59 Å². The fourth-order valence-electron chi connectivity index (χ4n) is 4.54. The van der Waals surface area contributed by atoms with Crippen LogP contribution < -0.4 is 9.64 Å². The van der Waals surface area contributed by atoms with Gasteiger partial charge in [-0.1, -0.05) is 18.2 Å². The van der Waals surface area contributed by atoms with Crippen molar-refractivity contribution in [3.05, 3.63) is 63.1 Å². The summed E-state index contributed by atoms with van der Waals surface area (Å²) in [5, 5.41) is 0.398. The highest BCUT2D eigenvalue weighted by molar-refractivity contribution is 7.17. The van der Waals surface area contributed by atoms with Crippen molar-refractivity contribution in [2.75, 3.05) is 12.0 Å². The third kappa shape index (κ3) is 3.37. The highest BCUT2D eigenvalue weighted by Gasteiger charge is 2.40. The second-order valence-corrected chi connectivity index (χ2v) is 9.29.